The Bertz CT molecular complexity index is 1640. The number of nitrogens with two attached hydrogens (primary N) is 1. The summed E-state index contributed by atoms with van der Waals surface area (Å²) in [5, 5.41) is 0. The van der Waals surface area contributed by atoms with Gasteiger partial charge in [0.1, 0.15) is 17.9 Å². The van der Waals surface area contributed by atoms with Crippen molar-refractivity contribution in [1.82, 2.24) is 19.7 Å². The fourth-order valence-electron chi connectivity index (χ4n) is 6.73. The quantitative estimate of drug-likeness (QED) is 0.257. The van der Waals surface area contributed by atoms with E-state index in [1.807, 2.05) is 70.5 Å². The van der Waals surface area contributed by atoms with Crippen LogP contribution < -0.4 is 10.5 Å². The molecule has 12 heteroatoms. The van der Waals surface area contributed by atoms with Gasteiger partial charge in [0.25, 0.3) is 0 Å². The van der Waals surface area contributed by atoms with Crippen LogP contribution in [0.3, 0.4) is 0 Å². The number of halogens is 3. The van der Waals surface area contributed by atoms with E-state index in [-0.39, 0.29) is 17.5 Å². The molecule has 2 amide bonds. The Kier molecular flexibility index (Phi) is 17.3. The summed E-state index contributed by atoms with van der Waals surface area (Å²) in [6.07, 6.45) is 5.61. The Labute approximate surface area is 314 Å². The Balaban J connectivity index is 0.000000510. The third-order valence-electron chi connectivity index (χ3n) is 9.70. The molecule has 53 heavy (non-hydrogen) atoms. The lowest BCUT2D eigenvalue weighted by molar-refractivity contribution is -0.137. The fraction of sp³-hybridized carbons (Fsp3) is 0.512. The van der Waals surface area contributed by atoms with Crippen LogP contribution in [0, 0.1) is 5.41 Å². The van der Waals surface area contributed by atoms with Crippen molar-refractivity contribution in [1.29, 1.82) is 0 Å². The smallest absolute Gasteiger partial charge is 0.416 e. The minimum atomic E-state index is -4.26. The van der Waals surface area contributed by atoms with Crippen LogP contribution in [0.5, 0.6) is 5.75 Å². The van der Waals surface area contributed by atoms with Crippen LogP contribution in [0.2, 0.25) is 0 Å². The molecule has 1 aromatic carbocycles. The number of rotatable bonds is 9. The standard InChI is InChI=1S/C29H39N5O3.C8H8F3N.2C2H6/c1-6-29(13-11-23-12-15-32(7-2)28(36)34(23)19-29)21(5)33-16-14-31-27(30)26(33)20(4)24-10-9-22(18-35)17-25(24)37-8-3;1-2-7-5-6(3-4-12-7)8(9,10)11;2*1-2/h9-10,14,16-18,23H,5-8,11-13,15,19H2,1-4H3,(H2,30,31);3-5H,2H2,1H3;2*1-2H3/b26-20+;;;. The number of ether oxygens (including phenoxy) is 1. The average Bonchev–Trinajstić information content (AvgIpc) is 3.19. The Morgan fingerprint density at radius 2 is 1.79 bits per heavy atom. The molecule has 5 rings (SSSR count). The van der Waals surface area contributed by atoms with Gasteiger partial charge in [0.05, 0.1) is 17.9 Å². The summed E-state index contributed by atoms with van der Waals surface area (Å²) in [6.45, 7) is 25.1. The van der Waals surface area contributed by atoms with Gasteiger partial charge in [0.2, 0.25) is 0 Å². The van der Waals surface area contributed by atoms with Gasteiger partial charge in [0, 0.05) is 72.2 Å². The first-order valence-corrected chi connectivity index (χ1v) is 18.8. The molecule has 2 unspecified atom stereocenters. The highest BCUT2D eigenvalue weighted by Crippen LogP contribution is 2.46. The molecule has 2 N–H and O–H groups in total. The molecule has 2 aromatic rings. The van der Waals surface area contributed by atoms with Gasteiger partial charge in [-0.05, 0) is 76.6 Å². The lowest BCUT2D eigenvalue weighted by atomic mass is 9.72. The number of amidine groups is 1. The van der Waals surface area contributed by atoms with E-state index in [0.717, 1.165) is 79.7 Å². The number of benzene rings is 1. The number of hydrogen-bond acceptors (Lipinski definition) is 7. The molecule has 2 atom stereocenters. The van der Waals surface area contributed by atoms with Gasteiger partial charge in [-0.25, -0.2) is 9.79 Å². The first-order valence-electron chi connectivity index (χ1n) is 18.8. The normalized spacial score (nSPS) is 20.3. The minimum Gasteiger partial charge on any atom is -0.493 e. The molecule has 292 valence electrons. The third kappa shape index (κ3) is 10.5. The first-order chi connectivity index (χ1) is 25.3. The SMILES string of the molecule is C=C(N1C=CN=C(N)/C1=C(/C)c1ccc(C=O)cc1OCC)C1(CC)CCC2CCN(CC)C(=O)N2C1.CC.CC.CCc1cc(C(F)(F)F)ccn1. The predicted octanol–water partition coefficient (Wildman–Crippen LogP) is 9.71. The molecule has 2 fully saturated rings. The van der Waals surface area contributed by atoms with E-state index in [4.69, 9.17) is 10.5 Å². The number of pyridine rings is 1. The van der Waals surface area contributed by atoms with Crippen LogP contribution in [0.25, 0.3) is 5.57 Å². The van der Waals surface area contributed by atoms with Crippen molar-refractivity contribution in [2.45, 2.75) is 107 Å². The number of hydrogen-bond donors (Lipinski definition) is 1. The van der Waals surface area contributed by atoms with Crippen molar-refractivity contribution >= 4 is 23.7 Å². The maximum atomic E-state index is 13.3. The summed E-state index contributed by atoms with van der Waals surface area (Å²) in [5.74, 6) is 1.00. The van der Waals surface area contributed by atoms with E-state index >= 15 is 0 Å². The molecule has 0 radical (unpaired) electrons. The van der Waals surface area contributed by atoms with Gasteiger partial charge in [-0.2, -0.15) is 13.2 Å². The van der Waals surface area contributed by atoms with E-state index in [1.54, 1.807) is 25.3 Å². The van der Waals surface area contributed by atoms with E-state index < -0.39 is 11.7 Å². The predicted molar refractivity (Wildman–Crippen MR) is 208 cm³/mol. The topological polar surface area (TPSA) is 104 Å². The number of carbonyl (C=O) groups excluding carboxylic acids is 2. The van der Waals surface area contributed by atoms with Crippen LogP contribution in [-0.4, -0.2) is 70.1 Å². The monoisotopic (exact) mass is 740 g/mol. The molecular formula is C41H59F3N6O3. The van der Waals surface area contributed by atoms with E-state index in [1.165, 1.54) is 6.20 Å². The molecular weight excluding hydrogens is 681 g/mol. The van der Waals surface area contributed by atoms with Crippen molar-refractivity contribution in [2.75, 3.05) is 26.2 Å². The zero-order valence-electron chi connectivity index (χ0n) is 33.0. The summed E-state index contributed by atoms with van der Waals surface area (Å²) in [4.78, 5) is 38.9. The molecule has 3 aliphatic rings. The zero-order valence-corrected chi connectivity index (χ0v) is 33.0. The second kappa shape index (κ2) is 20.6. The van der Waals surface area contributed by atoms with Crippen molar-refractivity contribution in [3.63, 3.8) is 0 Å². The largest absolute Gasteiger partial charge is 0.493 e. The minimum absolute atomic E-state index is 0.128. The molecule has 4 heterocycles. The lowest BCUT2D eigenvalue weighted by Gasteiger charge is -2.52. The number of carbonyl (C=O) groups is 2. The van der Waals surface area contributed by atoms with Crippen molar-refractivity contribution in [3.8, 4) is 5.75 Å². The van der Waals surface area contributed by atoms with Crippen molar-refractivity contribution < 1.29 is 27.5 Å². The second-order valence-electron chi connectivity index (χ2n) is 12.4. The summed E-state index contributed by atoms with van der Waals surface area (Å²) in [6, 6.07) is 7.86. The summed E-state index contributed by atoms with van der Waals surface area (Å²) in [5.41, 5.74) is 9.94. The number of aromatic nitrogens is 1. The number of urea groups is 1. The molecule has 2 saturated heterocycles. The maximum Gasteiger partial charge on any atom is 0.416 e. The molecule has 0 saturated carbocycles. The van der Waals surface area contributed by atoms with Gasteiger partial charge >= 0.3 is 12.2 Å². The fourth-order valence-corrected chi connectivity index (χ4v) is 6.73. The summed E-state index contributed by atoms with van der Waals surface area (Å²) < 4.78 is 42.1. The first kappa shape index (κ1) is 44.6. The number of amides is 2. The number of nitrogens with zero attached hydrogens (tertiary/aromatic N) is 5. The highest BCUT2D eigenvalue weighted by molar-refractivity contribution is 6.05. The number of aldehydes is 1. The zero-order chi connectivity index (χ0) is 39.9. The molecule has 0 spiro atoms. The van der Waals surface area contributed by atoms with E-state index in [2.05, 4.69) is 28.4 Å². The number of piperidine rings is 1. The summed E-state index contributed by atoms with van der Waals surface area (Å²) in [7, 11) is 0. The van der Waals surface area contributed by atoms with Crippen LogP contribution in [0.1, 0.15) is 115 Å². The molecule has 0 aliphatic carbocycles. The van der Waals surface area contributed by atoms with Gasteiger partial charge in [-0.3, -0.25) is 9.78 Å². The van der Waals surface area contributed by atoms with Gasteiger partial charge in [-0.15, -0.1) is 0 Å². The highest BCUT2D eigenvalue weighted by atomic mass is 19.4. The van der Waals surface area contributed by atoms with Gasteiger partial charge in [0.15, 0.2) is 0 Å². The van der Waals surface area contributed by atoms with Gasteiger partial charge in [-0.1, -0.05) is 60.3 Å². The number of alkyl halides is 3. The van der Waals surface area contributed by atoms with Crippen LogP contribution in [0.15, 0.2) is 71.9 Å². The van der Waals surface area contributed by atoms with Crippen molar-refractivity contribution in [3.05, 3.63) is 89.3 Å². The van der Waals surface area contributed by atoms with Crippen LogP contribution in [-0.2, 0) is 12.6 Å². The van der Waals surface area contributed by atoms with E-state index in [9.17, 15) is 22.8 Å². The number of aliphatic imine (C=N–C) groups is 1. The Morgan fingerprint density at radius 1 is 1.09 bits per heavy atom. The Morgan fingerprint density at radius 3 is 2.38 bits per heavy atom. The number of aryl methyl sites for hydroxylation is 1. The number of fused-ring (bicyclic) bond motifs is 1. The molecule has 0 bridgehead atoms. The Hall–Kier alpha value is -4.61. The van der Waals surface area contributed by atoms with E-state index in [0.29, 0.717) is 42.4 Å². The summed E-state index contributed by atoms with van der Waals surface area (Å²) >= 11 is 0. The highest BCUT2D eigenvalue weighted by Gasteiger charge is 2.46. The molecule has 3 aliphatic heterocycles. The second-order valence-corrected chi connectivity index (χ2v) is 12.4. The molecule has 1 aromatic heterocycles. The van der Waals surface area contributed by atoms with Crippen LogP contribution >= 0.6 is 0 Å². The molecule has 9 nitrogen and oxygen atoms in total. The van der Waals surface area contributed by atoms with Crippen molar-refractivity contribution in [2.24, 2.45) is 16.1 Å². The van der Waals surface area contributed by atoms with Crippen LogP contribution in [0.4, 0.5) is 18.0 Å². The number of allylic oxidation sites excluding steroid dienone is 1. The lowest BCUT2D eigenvalue weighted by Crippen LogP contribution is -2.60. The maximum absolute atomic E-state index is 13.3. The average molecular weight is 741 g/mol. The third-order valence-corrected chi connectivity index (χ3v) is 9.70. The van der Waals surface area contributed by atoms with Gasteiger partial charge < -0.3 is 25.2 Å².